The zero-order valence-corrected chi connectivity index (χ0v) is 12.3. The number of benzene rings is 2. The molecular formula is C18H17N3O. The van der Waals surface area contributed by atoms with Gasteiger partial charge in [-0.2, -0.15) is 5.10 Å². The van der Waals surface area contributed by atoms with Crippen molar-refractivity contribution in [1.82, 2.24) is 10.2 Å². The SMILES string of the molecule is CCc1ccc(NC(=O)c2cc(-c3ccccc3)n[nH]2)cc1. The van der Waals surface area contributed by atoms with Gasteiger partial charge in [0.05, 0.1) is 5.69 Å². The molecule has 4 heteroatoms. The molecule has 4 nitrogen and oxygen atoms in total. The van der Waals surface area contributed by atoms with Crippen LogP contribution in [0.5, 0.6) is 0 Å². The van der Waals surface area contributed by atoms with Gasteiger partial charge in [-0.25, -0.2) is 0 Å². The van der Waals surface area contributed by atoms with Crippen LogP contribution in [0.25, 0.3) is 11.3 Å². The number of carbonyl (C=O) groups excluding carboxylic acids is 1. The van der Waals surface area contributed by atoms with Crippen LogP contribution in [0.3, 0.4) is 0 Å². The van der Waals surface area contributed by atoms with Gasteiger partial charge < -0.3 is 5.32 Å². The summed E-state index contributed by atoms with van der Waals surface area (Å²) in [7, 11) is 0. The lowest BCUT2D eigenvalue weighted by Crippen LogP contribution is -2.12. The summed E-state index contributed by atoms with van der Waals surface area (Å²) in [6.07, 6.45) is 0.981. The van der Waals surface area contributed by atoms with Gasteiger partial charge in [0.15, 0.2) is 0 Å². The lowest BCUT2D eigenvalue weighted by molar-refractivity contribution is 0.102. The number of nitrogens with zero attached hydrogens (tertiary/aromatic N) is 1. The molecule has 2 aromatic carbocycles. The van der Waals surface area contributed by atoms with E-state index in [4.69, 9.17) is 0 Å². The van der Waals surface area contributed by atoms with Crippen LogP contribution in [0.4, 0.5) is 5.69 Å². The first kappa shape index (κ1) is 14.1. The van der Waals surface area contributed by atoms with Crippen LogP contribution in [-0.4, -0.2) is 16.1 Å². The minimum atomic E-state index is -0.195. The standard InChI is InChI=1S/C18H17N3O/c1-2-13-8-10-15(11-9-13)19-18(22)17-12-16(20-21-17)14-6-4-3-5-7-14/h3-12H,2H2,1H3,(H,19,22)(H,20,21). The number of nitrogens with one attached hydrogen (secondary N) is 2. The molecular weight excluding hydrogens is 274 g/mol. The van der Waals surface area contributed by atoms with Crippen molar-refractivity contribution in [2.24, 2.45) is 0 Å². The largest absolute Gasteiger partial charge is 0.321 e. The van der Waals surface area contributed by atoms with Crippen molar-refractivity contribution in [3.8, 4) is 11.3 Å². The molecule has 2 N–H and O–H groups in total. The number of rotatable bonds is 4. The third-order valence-electron chi connectivity index (χ3n) is 3.51. The summed E-state index contributed by atoms with van der Waals surface area (Å²) in [6, 6.07) is 19.3. The number of H-pyrrole nitrogens is 1. The molecule has 3 aromatic rings. The normalized spacial score (nSPS) is 10.4. The highest BCUT2D eigenvalue weighted by Gasteiger charge is 2.11. The van der Waals surface area contributed by atoms with Crippen LogP contribution in [0.1, 0.15) is 23.0 Å². The number of anilines is 1. The Morgan fingerprint density at radius 1 is 1.09 bits per heavy atom. The molecule has 22 heavy (non-hydrogen) atoms. The van der Waals surface area contributed by atoms with Crippen LogP contribution in [0.15, 0.2) is 60.7 Å². The highest BCUT2D eigenvalue weighted by molar-refractivity contribution is 6.03. The molecule has 0 aliphatic rings. The number of amides is 1. The molecule has 1 aromatic heterocycles. The first-order chi connectivity index (χ1) is 10.8. The summed E-state index contributed by atoms with van der Waals surface area (Å²) in [4.78, 5) is 12.2. The Labute approximate surface area is 129 Å². The predicted octanol–water partition coefficient (Wildman–Crippen LogP) is 3.89. The molecule has 0 unspecified atom stereocenters. The van der Waals surface area contributed by atoms with Gasteiger partial charge in [-0.05, 0) is 30.2 Å². The van der Waals surface area contributed by atoms with Crippen molar-refractivity contribution < 1.29 is 4.79 Å². The molecule has 110 valence electrons. The summed E-state index contributed by atoms with van der Waals surface area (Å²) in [5, 5.41) is 9.84. The number of aryl methyl sites for hydroxylation is 1. The van der Waals surface area contributed by atoms with E-state index < -0.39 is 0 Å². The fraction of sp³-hybridized carbons (Fsp3) is 0.111. The quantitative estimate of drug-likeness (QED) is 0.766. The van der Waals surface area contributed by atoms with E-state index in [9.17, 15) is 4.79 Å². The van der Waals surface area contributed by atoms with Crippen LogP contribution < -0.4 is 5.32 Å². The van der Waals surface area contributed by atoms with E-state index in [1.165, 1.54) is 5.56 Å². The Bertz CT molecular complexity index is 761. The van der Waals surface area contributed by atoms with E-state index in [0.29, 0.717) is 5.69 Å². The van der Waals surface area contributed by atoms with Crippen molar-refractivity contribution in [2.75, 3.05) is 5.32 Å². The molecule has 0 aliphatic carbocycles. The molecule has 1 heterocycles. The number of aromatic nitrogens is 2. The first-order valence-corrected chi connectivity index (χ1v) is 7.27. The molecule has 0 aliphatic heterocycles. The lowest BCUT2D eigenvalue weighted by atomic mass is 10.1. The Balaban J connectivity index is 1.74. The molecule has 0 radical (unpaired) electrons. The Morgan fingerprint density at radius 3 is 2.50 bits per heavy atom. The van der Waals surface area contributed by atoms with E-state index in [1.807, 2.05) is 54.6 Å². The van der Waals surface area contributed by atoms with Crippen LogP contribution in [-0.2, 0) is 6.42 Å². The molecule has 0 spiro atoms. The van der Waals surface area contributed by atoms with Gasteiger partial charge in [0, 0.05) is 11.3 Å². The average Bonchev–Trinajstić information content (AvgIpc) is 3.06. The fourth-order valence-corrected chi connectivity index (χ4v) is 2.22. The summed E-state index contributed by atoms with van der Waals surface area (Å²) in [6.45, 7) is 2.10. The molecule has 0 atom stereocenters. The highest BCUT2D eigenvalue weighted by Crippen LogP contribution is 2.18. The third-order valence-corrected chi connectivity index (χ3v) is 3.51. The van der Waals surface area contributed by atoms with Crippen LogP contribution in [0, 0.1) is 0 Å². The van der Waals surface area contributed by atoms with E-state index in [1.54, 1.807) is 6.07 Å². The maximum atomic E-state index is 12.2. The van der Waals surface area contributed by atoms with E-state index in [0.717, 1.165) is 23.4 Å². The van der Waals surface area contributed by atoms with Gasteiger partial charge in [0.25, 0.3) is 5.91 Å². The second-order valence-electron chi connectivity index (χ2n) is 5.04. The number of carbonyl (C=O) groups is 1. The van der Waals surface area contributed by atoms with Gasteiger partial charge in [0.1, 0.15) is 5.69 Å². The van der Waals surface area contributed by atoms with Gasteiger partial charge in [-0.15, -0.1) is 0 Å². The molecule has 0 bridgehead atoms. The summed E-state index contributed by atoms with van der Waals surface area (Å²) < 4.78 is 0. The fourth-order valence-electron chi connectivity index (χ4n) is 2.22. The second-order valence-corrected chi connectivity index (χ2v) is 5.04. The lowest BCUT2D eigenvalue weighted by Gasteiger charge is -2.04. The number of hydrogen-bond donors (Lipinski definition) is 2. The van der Waals surface area contributed by atoms with Crippen molar-refractivity contribution in [3.05, 3.63) is 71.9 Å². The maximum Gasteiger partial charge on any atom is 0.273 e. The predicted molar refractivity (Wildman–Crippen MR) is 87.8 cm³/mol. The minimum Gasteiger partial charge on any atom is -0.321 e. The monoisotopic (exact) mass is 291 g/mol. The zero-order valence-electron chi connectivity index (χ0n) is 12.3. The van der Waals surface area contributed by atoms with Crippen molar-refractivity contribution in [3.63, 3.8) is 0 Å². The van der Waals surface area contributed by atoms with E-state index >= 15 is 0 Å². The Kier molecular flexibility index (Phi) is 4.01. The summed E-state index contributed by atoms with van der Waals surface area (Å²) in [5.74, 6) is -0.195. The average molecular weight is 291 g/mol. The summed E-state index contributed by atoms with van der Waals surface area (Å²) in [5.41, 5.74) is 4.19. The molecule has 0 saturated carbocycles. The smallest absolute Gasteiger partial charge is 0.273 e. The maximum absolute atomic E-state index is 12.2. The first-order valence-electron chi connectivity index (χ1n) is 7.27. The van der Waals surface area contributed by atoms with Crippen LogP contribution >= 0.6 is 0 Å². The molecule has 1 amide bonds. The van der Waals surface area contributed by atoms with Crippen molar-refractivity contribution in [1.29, 1.82) is 0 Å². The van der Waals surface area contributed by atoms with Crippen molar-refractivity contribution in [2.45, 2.75) is 13.3 Å². The zero-order chi connectivity index (χ0) is 15.4. The number of hydrogen-bond acceptors (Lipinski definition) is 2. The van der Waals surface area contributed by atoms with Gasteiger partial charge in [-0.1, -0.05) is 49.4 Å². The molecule has 3 rings (SSSR count). The highest BCUT2D eigenvalue weighted by atomic mass is 16.1. The summed E-state index contributed by atoms with van der Waals surface area (Å²) >= 11 is 0. The van der Waals surface area contributed by atoms with E-state index in [-0.39, 0.29) is 5.91 Å². The van der Waals surface area contributed by atoms with E-state index in [2.05, 4.69) is 22.4 Å². The van der Waals surface area contributed by atoms with Crippen molar-refractivity contribution >= 4 is 11.6 Å². The van der Waals surface area contributed by atoms with Gasteiger partial charge >= 0.3 is 0 Å². The molecule has 0 fully saturated rings. The minimum absolute atomic E-state index is 0.195. The Hall–Kier alpha value is -2.88. The molecule has 0 saturated heterocycles. The van der Waals surface area contributed by atoms with Gasteiger partial charge in [0.2, 0.25) is 0 Å². The second kappa shape index (κ2) is 6.26. The van der Waals surface area contributed by atoms with Crippen LogP contribution in [0.2, 0.25) is 0 Å². The van der Waals surface area contributed by atoms with Gasteiger partial charge in [-0.3, -0.25) is 9.89 Å². The number of aromatic amines is 1. The third kappa shape index (κ3) is 3.06. The topological polar surface area (TPSA) is 57.8 Å². The Morgan fingerprint density at radius 2 is 1.82 bits per heavy atom.